The van der Waals surface area contributed by atoms with Gasteiger partial charge in [-0.2, -0.15) is 44.9 Å². The van der Waals surface area contributed by atoms with E-state index in [-0.39, 0.29) is 0 Å². The van der Waals surface area contributed by atoms with Gasteiger partial charge in [0.1, 0.15) is 0 Å². The molecule has 0 amide bonds. The molecule has 3 aromatic heterocycles. The first-order chi connectivity index (χ1) is 21.1. The molecule has 3 heterocycles. The van der Waals surface area contributed by atoms with Crippen molar-refractivity contribution in [3.05, 3.63) is 35.9 Å². The Hall–Kier alpha value is -1.70. The number of rotatable bonds is 18. The summed E-state index contributed by atoms with van der Waals surface area (Å²) in [5.41, 5.74) is 1.17. The molecule has 0 atom stereocenters. The number of anilines is 2. The van der Waals surface area contributed by atoms with E-state index in [9.17, 15) is 0 Å². The van der Waals surface area contributed by atoms with Gasteiger partial charge in [-0.1, -0.05) is 120 Å². The molecule has 228 valence electrons. The lowest BCUT2D eigenvalue weighted by molar-refractivity contribution is 0.718. The third kappa shape index (κ3) is 12.0. The Balaban J connectivity index is 1.28. The predicted molar refractivity (Wildman–Crippen MR) is 186 cm³/mol. The van der Waals surface area contributed by atoms with Gasteiger partial charge in [-0.05, 0) is 23.8 Å². The topological polar surface area (TPSA) is 140 Å². The minimum Gasteiger partial charge on any atom is -0.357 e. The van der Waals surface area contributed by atoms with Crippen LogP contribution in [-0.4, -0.2) is 93.2 Å². The Labute approximate surface area is 281 Å². The van der Waals surface area contributed by atoms with Crippen LogP contribution in [0, 0.1) is 0 Å². The fraction of sp³-hybridized carbons (Fsp3) is 0.400. The van der Waals surface area contributed by atoms with Crippen molar-refractivity contribution in [2.75, 3.05) is 59.0 Å². The third-order valence-corrected chi connectivity index (χ3v) is 10.7. The summed E-state index contributed by atoms with van der Waals surface area (Å²) in [6.45, 7) is 2.75. The Morgan fingerprint density at radius 2 is 0.953 bits per heavy atom. The van der Waals surface area contributed by atoms with Gasteiger partial charge in [0.25, 0.3) is 0 Å². The molecule has 0 aliphatic rings. The van der Waals surface area contributed by atoms with Crippen LogP contribution >= 0.6 is 82.3 Å². The monoisotopic (exact) mass is 709 g/mol. The minimum absolute atomic E-state index is 0.577. The summed E-state index contributed by atoms with van der Waals surface area (Å²) in [6.07, 6.45) is 3.92. The zero-order valence-electron chi connectivity index (χ0n) is 24.0. The average molecular weight is 710 g/mol. The summed E-state index contributed by atoms with van der Waals surface area (Å²) in [4.78, 5) is 41.0. The van der Waals surface area contributed by atoms with Crippen LogP contribution in [0.25, 0.3) is 0 Å². The van der Waals surface area contributed by atoms with E-state index < -0.39 is 0 Å². The van der Waals surface area contributed by atoms with Crippen LogP contribution in [0.15, 0.2) is 66.4 Å². The van der Waals surface area contributed by atoms with Crippen molar-refractivity contribution in [2.45, 2.75) is 49.6 Å². The summed E-state index contributed by atoms with van der Waals surface area (Å²) in [6, 6.07) is 10.2. The SMILES string of the molecule is CCSc1nc(SCCSc2nc(NC)nc(SC)n2)nc(SCCSc2nc(NCc3ccccc3)nc(SC)n2)n1. The van der Waals surface area contributed by atoms with Crippen LogP contribution in [0.3, 0.4) is 0 Å². The fourth-order valence-electron chi connectivity index (χ4n) is 3.13. The molecule has 0 unspecified atom stereocenters. The molecule has 1 aromatic carbocycles. The lowest BCUT2D eigenvalue weighted by Gasteiger charge is -2.08. The second-order valence-corrected chi connectivity index (χ2v) is 15.0. The highest BCUT2D eigenvalue weighted by atomic mass is 32.2. The molecule has 0 aliphatic carbocycles. The van der Waals surface area contributed by atoms with Gasteiger partial charge in [0.05, 0.1) is 0 Å². The highest BCUT2D eigenvalue weighted by Gasteiger charge is 2.11. The molecule has 0 radical (unpaired) electrons. The number of benzene rings is 1. The number of thioether (sulfide) groups is 7. The molecule has 0 fully saturated rings. The second-order valence-electron chi connectivity index (χ2n) is 7.96. The summed E-state index contributed by atoms with van der Waals surface area (Å²) in [5.74, 6) is 5.31. The maximum absolute atomic E-state index is 4.72. The first-order valence-corrected chi connectivity index (χ1v) is 20.4. The summed E-state index contributed by atoms with van der Waals surface area (Å²) >= 11 is 11.1. The molecular formula is C25H31N11S7. The number of aromatic nitrogens is 9. The molecule has 0 bridgehead atoms. The molecule has 18 heteroatoms. The molecule has 0 spiro atoms. The fourth-order valence-corrected chi connectivity index (χ4v) is 7.96. The molecular weight excluding hydrogens is 679 g/mol. The van der Waals surface area contributed by atoms with E-state index in [2.05, 4.69) is 69.6 Å². The highest BCUT2D eigenvalue weighted by Crippen LogP contribution is 2.26. The van der Waals surface area contributed by atoms with Crippen LogP contribution < -0.4 is 10.6 Å². The van der Waals surface area contributed by atoms with Crippen molar-refractivity contribution in [3.63, 3.8) is 0 Å². The van der Waals surface area contributed by atoms with Crippen molar-refractivity contribution in [3.8, 4) is 0 Å². The van der Waals surface area contributed by atoms with E-state index in [0.29, 0.717) is 39.1 Å². The van der Waals surface area contributed by atoms with Gasteiger partial charge >= 0.3 is 0 Å². The maximum Gasteiger partial charge on any atom is 0.227 e. The summed E-state index contributed by atoms with van der Waals surface area (Å²) in [7, 11) is 1.81. The van der Waals surface area contributed by atoms with E-state index in [1.54, 1.807) is 65.9 Å². The molecule has 2 N–H and O–H groups in total. The Morgan fingerprint density at radius 3 is 1.44 bits per heavy atom. The highest BCUT2D eigenvalue weighted by molar-refractivity contribution is 8.03. The first kappa shape index (κ1) is 34.2. The minimum atomic E-state index is 0.577. The number of nitrogens with zero attached hydrogens (tertiary/aromatic N) is 9. The van der Waals surface area contributed by atoms with Gasteiger partial charge in [-0.25, -0.2) is 0 Å². The van der Waals surface area contributed by atoms with Gasteiger partial charge < -0.3 is 10.6 Å². The average Bonchev–Trinajstić information content (AvgIpc) is 3.04. The van der Waals surface area contributed by atoms with Crippen molar-refractivity contribution in [1.29, 1.82) is 0 Å². The Morgan fingerprint density at radius 1 is 0.535 bits per heavy atom. The van der Waals surface area contributed by atoms with Crippen molar-refractivity contribution >= 4 is 94.2 Å². The molecule has 0 aliphatic heterocycles. The summed E-state index contributed by atoms with van der Waals surface area (Å²) < 4.78 is 0. The van der Waals surface area contributed by atoms with Crippen LogP contribution in [0.5, 0.6) is 0 Å². The normalized spacial score (nSPS) is 11.1. The van der Waals surface area contributed by atoms with E-state index in [1.807, 2.05) is 30.7 Å². The largest absolute Gasteiger partial charge is 0.357 e. The van der Waals surface area contributed by atoms with Gasteiger partial charge in [-0.3, -0.25) is 0 Å². The number of hydrogen-bond acceptors (Lipinski definition) is 18. The van der Waals surface area contributed by atoms with Gasteiger partial charge in [-0.15, -0.1) is 0 Å². The smallest absolute Gasteiger partial charge is 0.227 e. The lowest BCUT2D eigenvalue weighted by atomic mass is 10.2. The number of hydrogen-bond donors (Lipinski definition) is 2. The molecule has 0 saturated heterocycles. The van der Waals surface area contributed by atoms with Gasteiger partial charge in [0.2, 0.25) is 11.9 Å². The molecule has 4 aromatic rings. The van der Waals surface area contributed by atoms with E-state index in [1.165, 1.54) is 29.1 Å². The van der Waals surface area contributed by atoms with Crippen molar-refractivity contribution in [1.82, 2.24) is 44.9 Å². The zero-order valence-corrected chi connectivity index (χ0v) is 29.7. The van der Waals surface area contributed by atoms with Crippen molar-refractivity contribution in [2.24, 2.45) is 0 Å². The zero-order chi connectivity index (χ0) is 30.3. The van der Waals surface area contributed by atoms with Crippen molar-refractivity contribution < 1.29 is 0 Å². The van der Waals surface area contributed by atoms with Crippen LogP contribution in [0.4, 0.5) is 11.9 Å². The lowest BCUT2D eigenvalue weighted by Crippen LogP contribution is -2.06. The van der Waals surface area contributed by atoms with Crippen LogP contribution in [0.2, 0.25) is 0 Å². The van der Waals surface area contributed by atoms with Crippen LogP contribution in [0.1, 0.15) is 12.5 Å². The second kappa shape index (κ2) is 19.0. The molecule has 4 rings (SSSR count). The van der Waals surface area contributed by atoms with E-state index in [0.717, 1.165) is 44.2 Å². The Kier molecular flexibility index (Phi) is 15.1. The third-order valence-electron chi connectivity index (χ3n) is 5.01. The van der Waals surface area contributed by atoms with E-state index >= 15 is 0 Å². The number of nitrogens with one attached hydrogen (secondary N) is 2. The Bertz CT molecular complexity index is 1410. The van der Waals surface area contributed by atoms with Gasteiger partial charge in [0.15, 0.2) is 36.1 Å². The quantitative estimate of drug-likeness (QED) is 0.0891. The standard InChI is InChI=1S/C25H31N11S7/c1-5-39-23-34-24(42-13-11-40-21-29-17(26-2)28-19(32-21)37-3)36-25(35-23)43-14-12-41-22-31-18(30-20(33-22)38-4)27-15-16-9-7-6-8-10-16/h6-10H,5,11-15H2,1-4H3,(H,26,28,29,32)(H,27,30,31,33). The first-order valence-electron chi connectivity index (χ1n) is 13.0. The van der Waals surface area contributed by atoms with Gasteiger partial charge in [0, 0.05) is 36.6 Å². The molecule has 0 saturated carbocycles. The molecule has 11 nitrogen and oxygen atoms in total. The van der Waals surface area contributed by atoms with Crippen LogP contribution in [-0.2, 0) is 6.54 Å². The maximum atomic E-state index is 4.72. The predicted octanol–water partition coefficient (Wildman–Crippen LogP) is 6.22. The molecule has 43 heavy (non-hydrogen) atoms. The van der Waals surface area contributed by atoms with E-state index in [4.69, 9.17) is 4.98 Å². The summed E-state index contributed by atoms with van der Waals surface area (Å²) in [5, 5.41) is 11.3.